The maximum Gasteiger partial charge on any atom is 0.230 e. The van der Waals surface area contributed by atoms with E-state index in [1.54, 1.807) is 0 Å². The SMILES string of the molecule is C[C@H]1C[C@@H](C(=O)N2CCc3cc(C(C)(C)C)ccc32)CCN1. The maximum atomic E-state index is 12.9. The lowest BCUT2D eigenvalue weighted by molar-refractivity contribution is -0.123. The summed E-state index contributed by atoms with van der Waals surface area (Å²) in [5, 5.41) is 3.43. The highest BCUT2D eigenvalue weighted by Crippen LogP contribution is 2.34. The van der Waals surface area contributed by atoms with Gasteiger partial charge in [0, 0.05) is 24.2 Å². The molecule has 0 aromatic heterocycles. The van der Waals surface area contributed by atoms with Crippen LogP contribution in [0.3, 0.4) is 0 Å². The van der Waals surface area contributed by atoms with Crippen molar-refractivity contribution in [3.05, 3.63) is 29.3 Å². The molecule has 1 amide bonds. The van der Waals surface area contributed by atoms with Crippen LogP contribution in [0.25, 0.3) is 0 Å². The Bertz CT molecular complexity index is 573. The standard InChI is InChI=1S/C19H28N2O/c1-13-11-15(7-9-20-13)18(22)21-10-8-14-12-16(19(2,3)4)5-6-17(14)21/h5-6,12-13,15,20H,7-11H2,1-4H3/t13-,15-/m0/s1. The largest absolute Gasteiger partial charge is 0.314 e. The van der Waals surface area contributed by atoms with Gasteiger partial charge in [0.2, 0.25) is 5.91 Å². The lowest BCUT2D eigenvalue weighted by Gasteiger charge is -2.30. The summed E-state index contributed by atoms with van der Waals surface area (Å²) in [5.41, 5.74) is 4.00. The van der Waals surface area contributed by atoms with Crippen LogP contribution in [0.15, 0.2) is 18.2 Å². The zero-order valence-corrected chi connectivity index (χ0v) is 14.3. The van der Waals surface area contributed by atoms with E-state index in [1.807, 2.05) is 4.90 Å². The van der Waals surface area contributed by atoms with Crippen molar-refractivity contribution in [2.75, 3.05) is 18.0 Å². The van der Waals surface area contributed by atoms with Crippen molar-refractivity contribution in [3.8, 4) is 0 Å². The number of carbonyl (C=O) groups excluding carboxylic acids is 1. The molecule has 1 aromatic rings. The Morgan fingerprint density at radius 3 is 2.77 bits per heavy atom. The average molecular weight is 300 g/mol. The summed E-state index contributed by atoms with van der Waals surface area (Å²) in [6.07, 6.45) is 2.92. The second kappa shape index (κ2) is 5.69. The van der Waals surface area contributed by atoms with E-state index >= 15 is 0 Å². The van der Waals surface area contributed by atoms with E-state index in [2.05, 4.69) is 51.2 Å². The van der Waals surface area contributed by atoms with Crippen molar-refractivity contribution < 1.29 is 4.79 Å². The van der Waals surface area contributed by atoms with Gasteiger partial charge in [0.1, 0.15) is 0 Å². The van der Waals surface area contributed by atoms with Crippen LogP contribution in [0.2, 0.25) is 0 Å². The Morgan fingerprint density at radius 1 is 1.32 bits per heavy atom. The molecule has 2 aliphatic heterocycles. The molecule has 0 spiro atoms. The van der Waals surface area contributed by atoms with Gasteiger partial charge in [0.25, 0.3) is 0 Å². The van der Waals surface area contributed by atoms with Crippen LogP contribution in [-0.4, -0.2) is 25.0 Å². The number of amides is 1. The van der Waals surface area contributed by atoms with Gasteiger partial charge in [0.05, 0.1) is 0 Å². The first kappa shape index (κ1) is 15.5. The van der Waals surface area contributed by atoms with Crippen LogP contribution in [-0.2, 0) is 16.6 Å². The number of nitrogens with zero attached hydrogens (tertiary/aromatic N) is 1. The Hall–Kier alpha value is -1.35. The van der Waals surface area contributed by atoms with Crippen molar-refractivity contribution in [1.82, 2.24) is 5.32 Å². The van der Waals surface area contributed by atoms with E-state index in [9.17, 15) is 4.79 Å². The number of rotatable bonds is 1. The van der Waals surface area contributed by atoms with Gasteiger partial charge >= 0.3 is 0 Å². The van der Waals surface area contributed by atoms with Crippen LogP contribution in [0.5, 0.6) is 0 Å². The number of benzene rings is 1. The normalized spacial score (nSPS) is 25.2. The molecule has 0 aliphatic carbocycles. The van der Waals surface area contributed by atoms with Crippen molar-refractivity contribution in [3.63, 3.8) is 0 Å². The van der Waals surface area contributed by atoms with Crippen molar-refractivity contribution in [2.45, 2.75) is 58.4 Å². The third-order valence-electron chi connectivity index (χ3n) is 5.08. The molecule has 3 heteroatoms. The monoisotopic (exact) mass is 300 g/mol. The highest BCUT2D eigenvalue weighted by atomic mass is 16.2. The molecule has 1 saturated heterocycles. The zero-order valence-electron chi connectivity index (χ0n) is 14.3. The second-order valence-corrected chi connectivity index (χ2v) is 7.91. The molecule has 0 saturated carbocycles. The van der Waals surface area contributed by atoms with Crippen LogP contribution in [0, 0.1) is 5.92 Å². The molecule has 0 radical (unpaired) electrons. The van der Waals surface area contributed by atoms with Crippen LogP contribution in [0.1, 0.15) is 51.7 Å². The van der Waals surface area contributed by atoms with Gasteiger partial charge in [-0.25, -0.2) is 0 Å². The number of fused-ring (bicyclic) bond motifs is 1. The van der Waals surface area contributed by atoms with Gasteiger partial charge in [0.15, 0.2) is 0 Å². The van der Waals surface area contributed by atoms with Crippen LogP contribution < -0.4 is 10.2 Å². The molecule has 1 N–H and O–H groups in total. The molecule has 2 aliphatic rings. The molecule has 0 bridgehead atoms. The summed E-state index contributed by atoms with van der Waals surface area (Å²) >= 11 is 0. The van der Waals surface area contributed by atoms with Gasteiger partial charge in [-0.3, -0.25) is 4.79 Å². The summed E-state index contributed by atoms with van der Waals surface area (Å²) in [4.78, 5) is 14.9. The van der Waals surface area contributed by atoms with E-state index in [4.69, 9.17) is 0 Å². The summed E-state index contributed by atoms with van der Waals surface area (Å²) in [6.45, 7) is 10.7. The van der Waals surface area contributed by atoms with Gasteiger partial charge in [-0.1, -0.05) is 32.9 Å². The molecule has 2 heterocycles. The van der Waals surface area contributed by atoms with E-state index in [0.29, 0.717) is 11.9 Å². The average Bonchev–Trinajstić information content (AvgIpc) is 2.88. The number of hydrogen-bond acceptors (Lipinski definition) is 2. The van der Waals surface area contributed by atoms with Gasteiger partial charge in [-0.15, -0.1) is 0 Å². The maximum absolute atomic E-state index is 12.9. The van der Waals surface area contributed by atoms with Crippen molar-refractivity contribution >= 4 is 11.6 Å². The van der Waals surface area contributed by atoms with Gasteiger partial charge < -0.3 is 10.2 Å². The summed E-state index contributed by atoms with van der Waals surface area (Å²) in [5.74, 6) is 0.514. The quantitative estimate of drug-likeness (QED) is 0.863. The summed E-state index contributed by atoms with van der Waals surface area (Å²) in [7, 11) is 0. The van der Waals surface area contributed by atoms with E-state index in [-0.39, 0.29) is 11.3 Å². The Kier molecular flexibility index (Phi) is 4.02. The van der Waals surface area contributed by atoms with E-state index in [0.717, 1.165) is 38.0 Å². The molecular weight excluding hydrogens is 272 g/mol. The summed E-state index contributed by atoms with van der Waals surface area (Å²) in [6, 6.07) is 7.10. The topological polar surface area (TPSA) is 32.3 Å². The molecule has 120 valence electrons. The first-order chi connectivity index (χ1) is 10.4. The van der Waals surface area contributed by atoms with Crippen molar-refractivity contribution in [2.24, 2.45) is 5.92 Å². The number of nitrogens with one attached hydrogen (secondary N) is 1. The van der Waals surface area contributed by atoms with E-state index < -0.39 is 0 Å². The molecule has 3 rings (SSSR count). The molecule has 2 atom stereocenters. The molecule has 3 nitrogen and oxygen atoms in total. The lowest BCUT2D eigenvalue weighted by atomic mass is 9.86. The first-order valence-electron chi connectivity index (χ1n) is 8.54. The summed E-state index contributed by atoms with van der Waals surface area (Å²) < 4.78 is 0. The van der Waals surface area contributed by atoms with E-state index in [1.165, 1.54) is 11.1 Å². The predicted octanol–water partition coefficient (Wildman–Crippen LogP) is 3.26. The molecular formula is C19H28N2O. The molecule has 0 unspecified atom stereocenters. The minimum Gasteiger partial charge on any atom is -0.314 e. The fourth-order valence-electron chi connectivity index (χ4n) is 3.67. The second-order valence-electron chi connectivity index (χ2n) is 7.91. The zero-order chi connectivity index (χ0) is 15.9. The van der Waals surface area contributed by atoms with Crippen molar-refractivity contribution in [1.29, 1.82) is 0 Å². The predicted molar refractivity (Wildman–Crippen MR) is 91.4 cm³/mol. The van der Waals surface area contributed by atoms with Crippen LogP contribution in [0.4, 0.5) is 5.69 Å². The third kappa shape index (κ3) is 2.91. The number of piperidine rings is 1. The highest BCUT2D eigenvalue weighted by molar-refractivity contribution is 5.97. The lowest BCUT2D eigenvalue weighted by Crippen LogP contribution is -2.43. The number of carbonyl (C=O) groups is 1. The first-order valence-corrected chi connectivity index (χ1v) is 8.54. The molecule has 1 fully saturated rings. The van der Waals surface area contributed by atoms with Crippen LogP contribution >= 0.6 is 0 Å². The Balaban J connectivity index is 1.81. The number of anilines is 1. The minimum absolute atomic E-state index is 0.164. The third-order valence-corrected chi connectivity index (χ3v) is 5.08. The van der Waals surface area contributed by atoms with Gasteiger partial charge in [-0.05, 0) is 55.3 Å². The fourth-order valence-corrected chi connectivity index (χ4v) is 3.67. The Morgan fingerprint density at radius 2 is 2.09 bits per heavy atom. The fraction of sp³-hybridized carbons (Fsp3) is 0.632. The molecule has 1 aromatic carbocycles. The molecule has 22 heavy (non-hydrogen) atoms. The minimum atomic E-state index is 0.164. The van der Waals surface area contributed by atoms with Gasteiger partial charge in [-0.2, -0.15) is 0 Å². The Labute approximate surface area is 134 Å². The smallest absolute Gasteiger partial charge is 0.230 e. The highest BCUT2D eigenvalue weighted by Gasteiger charge is 2.33. The number of hydrogen-bond donors (Lipinski definition) is 1.